The predicted molar refractivity (Wildman–Crippen MR) is 147 cm³/mol. The van der Waals surface area contributed by atoms with E-state index in [9.17, 15) is 4.79 Å². The maximum atomic E-state index is 12.3. The highest BCUT2D eigenvalue weighted by atomic mass is 16.5. The van der Waals surface area contributed by atoms with Crippen molar-refractivity contribution < 1.29 is 9.53 Å². The Balaban J connectivity index is 1.28. The monoisotopic (exact) mass is 481 g/mol. The number of unbranched alkanes of at least 4 members (excludes halogenated alkanes) is 2. The summed E-state index contributed by atoms with van der Waals surface area (Å²) in [5, 5.41) is 3.02. The van der Waals surface area contributed by atoms with Gasteiger partial charge in [0, 0.05) is 18.5 Å². The van der Waals surface area contributed by atoms with Gasteiger partial charge in [-0.1, -0.05) is 60.5 Å². The highest BCUT2D eigenvalue weighted by Gasteiger charge is 2.11. The summed E-state index contributed by atoms with van der Waals surface area (Å²) in [5.41, 5.74) is 5.17. The van der Waals surface area contributed by atoms with Crippen LogP contribution in [0.3, 0.4) is 0 Å². The number of para-hydroxylation sites is 3. The number of benzene rings is 3. The van der Waals surface area contributed by atoms with Crippen molar-refractivity contribution in [1.82, 2.24) is 14.9 Å². The smallest absolute Gasteiger partial charge is 0.251 e. The number of carbonyl (C=O) groups excluding carboxylic acids is 1. The number of hydrogen-bond acceptors (Lipinski definition) is 3. The zero-order valence-corrected chi connectivity index (χ0v) is 21.1. The summed E-state index contributed by atoms with van der Waals surface area (Å²) in [6.07, 6.45) is 6.59. The maximum absolute atomic E-state index is 12.3. The van der Waals surface area contributed by atoms with Crippen molar-refractivity contribution in [3.63, 3.8) is 0 Å². The van der Waals surface area contributed by atoms with E-state index in [1.54, 1.807) is 0 Å². The van der Waals surface area contributed by atoms with Gasteiger partial charge in [0.1, 0.15) is 18.2 Å². The average Bonchev–Trinajstić information content (AvgIpc) is 3.25. The lowest BCUT2D eigenvalue weighted by molar-refractivity contribution is 0.0953. The van der Waals surface area contributed by atoms with Crippen LogP contribution in [0, 0.1) is 6.92 Å². The molecule has 0 aliphatic rings. The number of fused-ring (bicyclic) bond motifs is 1. The number of aryl methyl sites for hydroxylation is 2. The Morgan fingerprint density at radius 3 is 2.61 bits per heavy atom. The third-order valence-electron chi connectivity index (χ3n) is 6.32. The molecular formula is C31H35N3O2. The number of amides is 1. The molecule has 0 fully saturated rings. The van der Waals surface area contributed by atoms with Gasteiger partial charge in [0.2, 0.25) is 0 Å². The van der Waals surface area contributed by atoms with Crippen LogP contribution in [0.5, 0.6) is 5.75 Å². The van der Waals surface area contributed by atoms with Crippen molar-refractivity contribution in [2.24, 2.45) is 0 Å². The minimum Gasteiger partial charge on any atom is -0.491 e. The van der Waals surface area contributed by atoms with E-state index in [1.807, 2.05) is 61.5 Å². The van der Waals surface area contributed by atoms with Gasteiger partial charge in [-0.25, -0.2) is 4.98 Å². The van der Waals surface area contributed by atoms with Crippen LogP contribution in [0.1, 0.15) is 46.6 Å². The molecule has 0 spiro atoms. The number of aromatic nitrogens is 2. The summed E-state index contributed by atoms with van der Waals surface area (Å²) in [7, 11) is 0. The van der Waals surface area contributed by atoms with E-state index in [4.69, 9.17) is 9.72 Å². The number of imidazole rings is 1. The summed E-state index contributed by atoms with van der Waals surface area (Å²) < 4.78 is 8.44. The Labute approximate surface area is 213 Å². The van der Waals surface area contributed by atoms with E-state index in [1.165, 1.54) is 0 Å². The first-order chi connectivity index (χ1) is 17.7. The van der Waals surface area contributed by atoms with Gasteiger partial charge in [-0.15, -0.1) is 6.58 Å². The molecule has 4 aromatic rings. The lowest BCUT2D eigenvalue weighted by Gasteiger charge is -2.13. The van der Waals surface area contributed by atoms with E-state index in [0.29, 0.717) is 18.7 Å². The fourth-order valence-corrected chi connectivity index (χ4v) is 4.38. The maximum Gasteiger partial charge on any atom is 0.251 e. The van der Waals surface area contributed by atoms with Crippen LogP contribution in [0.25, 0.3) is 11.0 Å². The molecule has 36 heavy (non-hydrogen) atoms. The summed E-state index contributed by atoms with van der Waals surface area (Å²) in [6.45, 7) is 7.87. The number of nitrogens with zero attached hydrogens (tertiary/aromatic N) is 2. The van der Waals surface area contributed by atoms with Crippen LogP contribution in [0.2, 0.25) is 0 Å². The molecule has 3 aromatic carbocycles. The van der Waals surface area contributed by atoms with Crippen LogP contribution >= 0.6 is 0 Å². The SMILES string of the molecule is C=CCc1ccccc1OCCn1c(CCCCCNC(=O)c2ccc(C)cc2)nc2ccccc21. The van der Waals surface area contributed by atoms with Gasteiger partial charge >= 0.3 is 0 Å². The average molecular weight is 482 g/mol. The largest absolute Gasteiger partial charge is 0.491 e. The van der Waals surface area contributed by atoms with Crippen molar-refractivity contribution in [1.29, 1.82) is 0 Å². The second-order valence-corrected chi connectivity index (χ2v) is 9.05. The van der Waals surface area contributed by atoms with Crippen LogP contribution in [-0.4, -0.2) is 28.6 Å². The van der Waals surface area contributed by atoms with Crippen molar-refractivity contribution in [3.8, 4) is 5.75 Å². The minimum absolute atomic E-state index is 0.00791. The Bertz CT molecular complexity index is 1290. The first kappa shape index (κ1) is 25.2. The standard InChI is InChI=1S/C31H35N3O2/c1-3-11-25-12-6-9-15-29(25)36-23-22-34-28-14-8-7-13-27(28)33-30(34)16-5-4-10-21-32-31(35)26-19-17-24(2)18-20-26/h3,6-9,12-15,17-20H,1,4-5,10-11,16,21-23H2,2H3,(H,32,35). The minimum atomic E-state index is -0.00791. The van der Waals surface area contributed by atoms with Crippen molar-refractivity contribution in [2.75, 3.05) is 13.2 Å². The fraction of sp³-hybridized carbons (Fsp3) is 0.290. The van der Waals surface area contributed by atoms with E-state index in [-0.39, 0.29) is 5.91 Å². The van der Waals surface area contributed by atoms with Crippen molar-refractivity contribution in [2.45, 2.75) is 45.6 Å². The fourth-order valence-electron chi connectivity index (χ4n) is 4.38. The second-order valence-electron chi connectivity index (χ2n) is 9.05. The van der Waals surface area contributed by atoms with Crippen LogP contribution in [0.15, 0.2) is 85.5 Å². The highest BCUT2D eigenvalue weighted by molar-refractivity contribution is 5.94. The van der Waals surface area contributed by atoms with Crippen LogP contribution in [-0.2, 0) is 19.4 Å². The summed E-state index contributed by atoms with van der Waals surface area (Å²) in [4.78, 5) is 17.2. The normalized spacial score (nSPS) is 10.9. The quantitative estimate of drug-likeness (QED) is 0.180. The molecule has 4 rings (SSSR count). The molecular weight excluding hydrogens is 446 g/mol. The van der Waals surface area contributed by atoms with E-state index in [2.05, 4.69) is 40.7 Å². The molecule has 0 radical (unpaired) electrons. The molecule has 0 atom stereocenters. The summed E-state index contributed by atoms with van der Waals surface area (Å²) in [5.74, 6) is 1.99. The third-order valence-corrected chi connectivity index (χ3v) is 6.32. The van der Waals surface area contributed by atoms with Crippen molar-refractivity contribution in [3.05, 3.63) is 108 Å². The molecule has 1 amide bonds. The van der Waals surface area contributed by atoms with Crippen LogP contribution in [0.4, 0.5) is 0 Å². The predicted octanol–water partition coefficient (Wildman–Crippen LogP) is 6.30. The van der Waals surface area contributed by atoms with Gasteiger partial charge < -0.3 is 14.6 Å². The molecule has 1 aromatic heterocycles. The van der Waals surface area contributed by atoms with E-state index >= 15 is 0 Å². The first-order valence-electron chi connectivity index (χ1n) is 12.8. The lowest BCUT2D eigenvalue weighted by Crippen LogP contribution is -2.24. The third kappa shape index (κ3) is 6.63. The number of hydrogen-bond donors (Lipinski definition) is 1. The van der Waals surface area contributed by atoms with Gasteiger partial charge in [-0.3, -0.25) is 4.79 Å². The Morgan fingerprint density at radius 2 is 1.78 bits per heavy atom. The van der Waals surface area contributed by atoms with Gasteiger partial charge in [0.25, 0.3) is 5.91 Å². The molecule has 0 aliphatic heterocycles. The molecule has 0 bridgehead atoms. The molecule has 186 valence electrons. The molecule has 5 nitrogen and oxygen atoms in total. The number of carbonyl (C=O) groups is 1. The van der Waals surface area contributed by atoms with Crippen LogP contribution < -0.4 is 10.1 Å². The molecule has 0 saturated carbocycles. The lowest BCUT2D eigenvalue weighted by atomic mass is 10.1. The highest BCUT2D eigenvalue weighted by Crippen LogP contribution is 2.21. The summed E-state index contributed by atoms with van der Waals surface area (Å²) in [6, 6.07) is 24.1. The number of allylic oxidation sites excluding steroid dienone is 1. The topological polar surface area (TPSA) is 56.1 Å². The molecule has 0 unspecified atom stereocenters. The molecule has 1 heterocycles. The molecule has 0 aliphatic carbocycles. The van der Waals surface area contributed by atoms with Gasteiger partial charge in [0.15, 0.2) is 0 Å². The van der Waals surface area contributed by atoms with E-state index < -0.39 is 0 Å². The summed E-state index contributed by atoms with van der Waals surface area (Å²) >= 11 is 0. The van der Waals surface area contributed by atoms with Gasteiger partial charge in [0.05, 0.1) is 17.6 Å². The molecule has 1 N–H and O–H groups in total. The zero-order valence-electron chi connectivity index (χ0n) is 21.1. The van der Waals surface area contributed by atoms with Gasteiger partial charge in [-0.05, 0) is 62.1 Å². The first-order valence-corrected chi connectivity index (χ1v) is 12.8. The number of rotatable bonds is 13. The Hall–Kier alpha value is -3.86. The van der Waals surface area contributed by atoms with Gasteiger partial charge in [-0.2, -0.15) is 0 Å². The Kier molecular flexibility index (Phi) is 8.92. The van der Waals surface area contributed by atoms with Crippen molar-refractivity contribution >= 4 is 16.9 Å². The van der Waals surface area contributed by atoms with E-state index in [0.717, 1.165) is 72.4 Å². The zero-order chi connectivity index (χ0) is 25.2. The second kappa shape index (κ2) is 12.7. The number of nitrogens with one attached hydrogen (secondary N) is 1. The molecule has 5 heteroatoms. The molecule has 0 saturated heterocycles. The number of ether oxygens (including phenoxy) is 1. The Morgan fingerprint density at radius 1 is 1.00 bits per heavy atom.